The Morgan fingerprint density at radius 1 is 1.59 bits per heavy atom. The van der Waals surface area contributed by atoms with E-state index in [9.17, 15) is 0 Å². The average Bonchev–Trinajstić information content (AvgIpc) is 2.84. The highest BCUT2D eigenvalue weighted by Gasteiger charge is 2.26. The molecule has 0 aliphatic carbocycles. The Bertz CT molecular complexity index is 359. The van der Waals surface area contributed by atoms with Gasteiger partial charge in [0.25, 0.3) is 0 Å². The summed E-state index contributed by atoms with van der Waals surface area (Å²) in [6, 6.07) is 4.50. The molecule has 4 heteroatoms. The highest BCUT2D eigenvalue weighted by Crippen LogP contribution is 2.32. The molecule has 0 spiro atoms. The Kier molecular flexibility index (Phi) is 4.66. The fraction of sp³-hybridized carbons (Fsp3) is 0.615. The molecule has 0 saturated carbocycles. The Morgan fingerprint density at radius 3 is 3.24 bits per heavy atom. The molecule has 1 fully saturated rings. The van der Waals surface area contributed by atoms with Crippen molar-refractivity contribution in [2.24, 2.45) is 0 Å². The molecule has 1 aliphatic heterocycles. The van der Waals surface area contributed by atoms with Gasteiger partial charge in [-0.1, -0.05) is 22.9 Å². The molecule has 0 radical (unpaired) electrons. The first-order valence-corrected chi connectivity index (χ1v) is 7.39. The SMILES string of the molecule is CCCOc1cccnc1N1CCCC1CBr. The minimum atomic E-state index is 0.550. The lowest BCUT2D eigenvalue weighted by atomic mass is 10.2. The van der Waals surface area contributed by atoms with Crippen LogP contribution in [0.25, 0.3) is 0 Å². The molecule has 1 atom stereocenters. The standard InChI is InChI=1S/C13H19BrN2O/c1-2-9-17-12-6-3-7-15-13(12)16-8-4-5-11(16)10-14/h3,6-7,11H,2,4-5,8-10H2,1H3. The molecular weight excluding hydrogens is 280 g/mol. The zero-order valence-electron chi connectivity index (χ0n) is 10.2. The Morgan fingerprint density at radius 2 is 2.47 bits per heavy atom. The second kappa shape index (κ2) is 6.24. The monoisotopic (exact) mass is 298 g/mol. The minimum Gasteiger partial charge on any atom is -0.490 e. The van der Waals surface area contributed by atoms with Crippen molar-refractivity contribution in [2.45, 2.75) is 32.2 Å². The second-order valence-corrected chi connectivity index (χ2v) is 4.96. The number of alkyl halides is 1. The first-order chi connectivity index (χ1) is 8.36. The van der Waals surface area contributed by atoms with Gasteiger partial charge in [0.05, 0.1) is 6.61 Å². The van der Waals surface area contributed by atoms with Crippen LogP contribution in [0.5, 0.6) is 5.75 Å². The van der Waals surface area contributed by atoms with Crippen LogP contribution in [0.2, 0.25) is 0 Å². The molecule has 94 valence electrons. The molecule has 0 N–H and O–H groups in total. The van der Waals surface area contributed by atoms with Crippen molar-refractivity contribution in [2.75, 3.05) is 23.4 Å². The van der Waals surface area contributed by atoms with Crippen LogP contribution in [-0.4, -0.2) is 29.5 Å². The van der Waals surface area contributed by atoms with E-state index in [2.05, 4.69) is 32.7 Å². The van der Waals surface area contributed by atoms with E-state index >= 15 is 0 Å². The van der Waals surface area contributed by atoms with Crippen molar-refractivity contribution >= 4 is 21.7 Å². The number of aromatic nitrogens is 1. The van der Waals surface area contributed by atoms with Gasteiger partial charge in [-0.2, -0.15) is 0 Å². The second-order valence-electron chi connectivity index (χ2n) is 4.32. The smallest absolute Gasteiger partial charge is 0.171 e. The minimum absolute atomic E-state index is 0.550. The fourth-order valence-corrected chi connectivity index (χ4v) is 2.87. The van der Waals surface area contributed by atoms with Crippen molar-refractivity contribution in [1.82, 2.24) is 4.98 Å². The number of ether oxygens (including phenoxy) is 1. The van der Waals surface area contributed by atoms with Gasteiger partial charge in [-0.25, -0.2) is 4.98 Å². The molecule has 0 bridgehead atoms. The highest BCUT2D eigenvalue weighted by atomic mass is 79.9. The van der Waals surface area contributed by atoms with Crippen molar-refractivity contribution in [3.05, 3.63) is 18.3 Å². The van der Waals surface area contributed by atoms with Crippen molar-refractivity contribution < 1.29 is 4.74 Å². The molecule has 1 unspecified atom stereocenters. The molecule has 1 aromatic heterocycles. The number of anilines is 1. The van der Waals surface area contributed by atoms with E-state index in [-0.39, 0.29) is 0 Å². The lowest BCUT2D eigenvalue weighted by Gasteiger charge is -2.25. The number of halogens is 1. The van der Waals surface area contributed by atoms with E-state index in [1.54, 1.807) is 0 Å². The van der Waals surface area contributed by atoms with E-state index in [1.807, 2.05) is 18.3 Å². The van der Waals surface area contributed by atoms with Gasteiger partial charge in [0.15, 0.2) is 11.6 Å². The third-order valence-electron chi connectivity index (χ3n) is 3.04. The van der Waals surface area contributed by atoms with Gasteiger partial charge < -0.3 is 9.64 Å². The van der Waals surface area contributed by atoms with Crippen LogP contribution in [0, 0.1) is 0 Å². The van der Waals surface area contributed by atoms with Crippen LogP contribution in [0.15, 0.2) is 18.3 Å². The largest absolute Gasteiger partial charge is 0.490 e. The Labute approximate surface area is 111 Å². The molecule has 3 nitrogen and oxygen atoms in total. The summed E-state index contributed by atoms with van der Waals surface area (Å²) in [4.78, 5) is 6.85. The molecule has 1 saturated heterocycles. The number of hydrogen-bond donors (Lipinski definition) is 0. The summed E-state index contributed by atoms with van der Waals surface area (Å²) in [5.74, 6) is 1.92. The van der Waals surface area contributed by atoms with E-state index in [0.717, 1.165) is 36.5 Å². The van der Waals surface area contributed by atoms with Gasteiger partial charge in [-0.05, 0) is 31.4 Å². The van der Waals surface area contributed by atoms with Crippen LogP contribution in [0.4, 0.5) is 5.82 Å². The molecule has 2 heterocycles. The number of hydrogen-bond acceptors (Lipinski definition) is 3. The summed E-state index contributed by atoms with van der Waals surface area (Å²) in [6.07, 6.45) is 5.34. The molecular formula is C13H19BrN2O. The normalized spacial score (nSPS) is 19.6. The van der Waals surface area contributed by atoms with Crippen LogP contribution in [0.3, 0.4) is 0 Å². The zero-order chi connectivity index (χ0) is 12.1. The summed E-state index contributed by atoms with van der Waals surface area (Å²) < 4.78 is 5.77. The summed E-state index contributed by atoms with van der Waals surface area (Å²) in [5.41, 5.74) is 0. The predicted molar refractivity (Wildman–Crippen MR) is 74.2 cm³/mol. The lowest BCUT2D eigenvalue weighted by molar-refractivity contribution is 0.316. The maximum atomic E-state index is 5.77. The van der Waals surface area contributed by atoms with Gasteiger partial charge in [0, 0.05) is 24.1 Å². The highest BCUT2D eigenvalue weighted by molar-refractivity contribution is 9.09. The Hall–Kier alpha value is -0.770. The third-order valence-corrected chi connectivity index (χ3v) is 3.79. The van der Waals surface area contributed by atoms with Gasteiger partial charge >= 0.3 is 0 Å². The van der Waals surface area contributed by atoms with E-state index < -0.39 is 0 Å². The van der Waals surface area contributed by atoms with Gasteiger partial charge in [-0.3, -0.25) is 0 Å². The number of pyridine rings is 1. The molecule has 1 aromatic rings. The maximum Gasteiger partial charge on any atom is 0.171 e. The topological polar surface area (TPSA) is 25.4 Å². The molecule has 17 heavy (non-hydrogen) atoms. The van der Waals surface area contributed by atoms with Crippen LogP contribution >= 0.6 is 15.9 Å². The van der Waals surface area contributed by atoms with Crippen molar-refractivity contribution in [3.63, 3.8) is 0 Å². The predicted octanol–water partition coefficient (Wildman–Crippen LogP) is 3.23. The molecule has 1 aliphatic rings. The zero-order valence-corrected chi connectivity index (χ0v) is 11.8. The number of nitrogens with zero attached hydrogens (tertiary/aromatic N) is 2. The summed E-state index contributed by atoms with van der Waals surface area (Å²) in [5, 5.41) is 0.997. The van der Waals surface area contributed by atoms with Crippen molar-refractivity contribution in [1.29, 1.82) is 0 Å². The van der Waals surface area contributed by atoms with E-state index in [4.69, 9.17) is 4.74 Å². The fourth-order valence-electron chi connectivity index (χ4n) is 2.20. The number of rotatable bonds is 5. The average molecular weight is 299 g/mol. The lowest BCUT2D eigenvalue weighted by Crippen LogP contribution is -2.31. The molecule has 0 amide bonds. The van der Waals surface area contributed by atoms with E-state index in [0.29, 0.717) is 6.04 Å². The summed E-state index contributed by atoms with van der Waals surface area (Å²) in [7, 11) is 0. The first-order valence-electron chi connectivity index (χ1n) is 6.27. The van der Waals surface area contributed by atoms with Gasteiger partial charge in [0.1, 0.15) is 0 Å². The third kappa shape index (κ3) is 2.92. The van der Waals surface area contributed by atoms with Crippen LogP contribution in [0.1, 0.15) is 26.2 Å². The molecule has 2 rings (SSSR count). The Balaban J connectivity index is 2.18. The van der Waals surface area contributed by atoms with Crippen LogP contribution < -0.4 is 9.64 Å². The van der Waals surface area contributed by atoms with Crippen LogP contribution in [-0.2, 0) is 0 Å². The van der Waals surface area contributed by atoms with Crippen molar-refractivity contribution in [3.8, 4) is 5.75 Å². The maximum absolute atomic E-state index is 5.77. The summed E-state index contributed by atoms with van der Waals surface area (Å²) >= 11 is 3.58. The first kappa shape index (κ1) is 12.7. The summed E-state index contributed by atoms with van der Waals surface area (Å²) in [6.45, 7) is 3.95. The van der Waals surface area contributed by atoms with Gasteiger partial charge in [0.2, 0.25) is 0 Å². The van der Waals surface area contributed by atoms with Gasteiger partial charge in [-0.15, -0.1) is 0 Å². The quantitative estimate of drug-likeness (QED) is 0.781. The molecule has 0 aromatic carbocycles. The van der Waals surface area contributed by atoms with E-state index in [1.165, 1.54) is 12.8 Å².